The quantitative estimate of drug-likeness (QED) is 0.799. The molecule has 0 aromatic carbocycles. The van der Waals surface area contributed by atoms with E-state index in [-0.39, 0.29) is 0 Å². The van der Waals surface area contributed by atoms with Gasteiger partial charge in [-0.3, -0.25) is 4.57 Å². The van der Waals surface area contributed by atoms with Gasteiger partial charge in [0.25, 0.3) is 0 Å². The van der Waals surface area contributed by atoms with E-state index >= 15 is 0 Å². The zero-order valence-electron chi connectivity index (χ0n) is 8.94. The van der Waals surface area contributed by atoms with Crippen LogP contribution in [0.25, 0.3) is 5.82 Å². The van der Waals surface area contributed by atoms with Crippen molar-refractivity contribution in [1.82, 2.24) is 14.5 Å². The van der Waals surface area contributed by atoms with Gasteiger partial charge in [0.1, 0.15) is 12.1 Å². The van der Waals surface area contributed by atoms with Crippen molar-refractivity contribution in [2.45, 2.75) is 20.4 Å². The van der Waals surface area contributed by atoms with Crippen LogP contribution in [0.3, 0.4) is 0 Å². The lowest BCUT2D eigenvalue weighted by atomic mass is 10.3. The maximum Gasteiger partial charge on any atom is 0.138 e. The Labute approximate surface area is 88.8 Å². The Hall–Kier alpha value is -1.68. The van der Waals surface area contributed by atoms with Crippen LogP contribution >= 0.6 is 0 Å². The summed E-state index contributed by atoms with van der Waals surface area (Å²) in [4.78, 5) is 8.67. The minimum Gasteiger partial charge on any atom is -0.325 e. The van der Waals surface area contributed by atoms with Crippen molar-refractivity contribution in [3.05, 3.63) is 41.6 Å². The van der Waals surface area contributed by atoms with Gasteiger partial charge in [0.15, 0.2) is 0 Å². The van der Waals surface area contributed by atoms with E-state index in [1.165, 1.54) is 0 Å². The summed E-state index contributed by atoms with van der Waals surface area (Å²) in [7, 11) is 0. The van der Waals surface area contributed by atoms with Gasteiger partial charge in [-0.1, -0.05) is 6.07 Å². The molecule has 15 heavy (non-hydrogen) atoms. The molecule has 2 rings (SSSR count). The van der Waals surface area contributed by atoms with Crippen LogP contribution in [0.15, 0.2) is 24.5 Å². The van der Waals surface area contributed by atoms with Crippen LogP contribution in [-0.2, 0) is 6.54 Å². The number of nitrogens with two attached hydrogens (primary N) is 1. The van der Waals surface area contributed by atoms with Crippen molar-refractivity contribution < 1.29 is 0 Å². The molecular weight excluding hydrogens is 188 g/mol. The third-order valence-corrected chi connectivity index (χ3v) is 2.50. The SMILES string of the molecule is Cc1ncn(-c2cccc(CN)n2)c1C. The number of aromatic nitrogens is 3. The van der Waals surface area contributed by atoms with Crippen LogP contribution in [0.5, 0.6) is 0 Å². The number of imidazole rings is 1. The molecule has 0 atom stereocenters. The van der Waals surface area contributed by atoms with Crippen LogP contribution in [0.2, 0.25) is 0 Å². The molecule has 2 N–H and O–H groups in total. The largest absolute Gasteiger partial charge is 0.325 e. The molecule has 0 saturated carbocycles. The van der Waals surface area contributed by atoms with E-state index in [1.807, 2.05) is 36.6 Å². The summed E-state index contributed by atoms with van der Waals surface area (Å²) in [6.45, 7) is 4.47. The molecule has 0 bridgehead atoms. The van der Waals surface area contributed by atoms with Gasteiger partial charge in [-0.2, -0.15) is 0 Å². The average molecular weight is 202 g/mol. The summed E-state index contributed by atoms with van der Waals surface area (Å²) in [6.07, 6.45) is 1.79. The van der Waals surface area contributed by atoms with Gasteiger partial charge in [-0.15, -0.1) is 0 Å². The zero-order chi connectivity index (χ0) is 10.8. The first-order chi connectivity index (χ1) is 7.22. The number of nitrogens with zero attached hydrogens (tertiary/aromatic N) is 3. The zero-order valence-corrected chi connectivity index (χ0v) is 8.94. The van der Waals surface area contributed by atoms with Crippen LogP contribution < -0.4 is 5.73 Å². The van der Waals surface area contributed by atoms with Gasteiger partial charge in [0.2, 0.25) is 0 Å². The highest BCUT2D eigenvalue weighted by Gasteiger charge is 2.05. The highest BCUT2D eigenvalue weighted by molar-refractivity contribution is 5.29. The first kappa shape index (κ1) is 9.86. The third-order valence-electron chi connectivity index (χ3n) is 2.50. The molecule has 0 saturated heterocycles. The minimum absolute atomic E-state index is 0.459. The molecule has 0 fully saturated rings. The van der Waals surface area contributed by atoms with Gasteiger partial charge in [-0.25, -0.2) is 9.97 Å². The summed E-state index contributed by atoms with van der Waals surface area (Å²) in [5, 5.41) is 0. The Kier molecular flexibility index (Phi) is 2.51. The van der Waals surface area contributed by atoms with Crippen molar-refractivity contribution in [2.75, 3.05) is 0 Å². The standard InChI is InChI=1S/C11H14N4/c1-8-9(2)15(7-13-8)11-5-3-4-10(6-12)14-11/h3-5,7H,6,12H2,1-2H3. The average Bonchev–Trinajstić information content (AvgIpc) is 2.60. The lowest BCUT2D eigenvalue weighted by molar-refractivity contribution is 0.905. The van der Waals surface area contributed by atoms with Crippen molar-refractivity contribution in [3.63, 3.8) is 0 Å². The maximum absolute atomic E-state index is 5.55. The number of hydrogen-bond donors (Lipinski definition) is 1. The van der Waals surface area contributed by atoms with Gasteiger partial charge in [-0.05, 0) is 26.0 Å². The normalized spacial score (nSPS) is 10.6. The predicted octanol–water partition coefficient (Wildman–Crippen LogP) is 1.34. The van der Waals surface area contributed by atoms with Gasteiger partial charge in [0.05, 0.1) is 11.4 Å². The van der Waals surface area contributed by atoms with E-state index in [0.29, 0.717) is 6.54 Å². The first-order valence-electron chi connectivity index (χ1n) is 4.89. The molecule has 0 aliphatic carbocycles. The molecule has 0 aliphatic heterocycles. The molecule has 0 aliphatic rings. The van der Waals surface area contributed by atoms with Gasteiger partial charge < -0.3 is 5.73 Å². The topological polar surface area (TPSA) is 56.7 Å². The monoisotopic (exact) mass is 202 g/mol. The smallest absolute Gasteiger partial charge is 0.138 e. The second-order valence-corrected chi connectivity index (χ2v) is 3.48. The molecule has 0 spiro atoms. The molecule has 4 nitrogen and oxygen atoms in total. The predicted molar refractivity (Wildman–Crippen MR) is 58.7 cm³/mol. The highest BCUT2D eigenvalue weighted by Crippen LogP contribution is 2.11. The van der Waals surface area contributed by atoms with Crippen LogP contribution in [-0.4, -0.2) is 14.5 Å². The number of rotatable bonds is 2. The number of aryl methyl sites for hydroxylation is 1. The van der Waals surface area contributed by atoms with E-state index in [2.05, 4.69) is 9.97 Å². The Morgan fingerprint density at radius 3 is 2.73 bits per heavy atom. The van der Waals surface area contributed by atoms with Crippen molar-refractivity contribution in [1.29, 1.82) is 0 Å². The molecule has 0 radical (unpaired) electrons. The van der Waals surface area contributed by atoms with E-state index in [4.69, 9.17) is 5.73 Å². The molecule has 0 amide bonds. The summed E-state index contributed by atoms with van der Waals surface area (Å²) >= 11 is 0. The van der Waals surface area contributed by atoms with Crippen LogP contribution in [0.1, 0.15) is 17.1 Å². The third kappa shape index (κ3) is 1.76. The maximum atomic E-state index is 5.55. The Bertz CT molecular complexity index is 473. The fourth-order valence-electron chi connectivity index (χ4n) is 1.44. The Balaban J connectivity index is 2.49. The highest BCUT2D eigenvalue weighted by atomic mass is 15.1. The van der Waals surface area contributed by atoms with Crippen LogP contribution in [0.4, 0.5) is 0 Å². The van der Waals surface area contributed by atoms with E-state index in [1.54, 1.807) is 6.33 Å². The minimum atomic E-state index is 0.459. The summed E-state index contributed by atoms with van der Waals surface area (Å²) in [6, 6.07) is 5.83. The van der Waals surface area contributed by atoms with Crippen molar-refractivity contribution >= 4 is 0 Å². The first-order valence-corrected chi connectivity index (χ1v) is 4.89. The lowest BCUT2D eigenvalue weighted by Gasteiger charge is -2.05. The number of pyridine rings is 1. The van der Waals surface area contributed by atoms with Crippen LogP contribution in [0, 0.1) is 13.8 Å². The van der Waals surface area contributed by atoms with E-state index in [9.17, 15) is 0 Å². The van der Waals surface area contributed by atoms with Gasteiger partial charge in [0, 0.05) is 12.2 Å². The molecule has 2 aromatic rings. The van der Waals surface area contributed by atoms with Crippen molar-refractivity contribution in [2.24, 2.45) is 5.73 Å². The molecule has 2 aromatic heterocycles. The van der Waals surface area contributed by atoms with Crippen molar-refractivity contribution in [3.8, 4) is 5.82 Å². The summed E-state index contributed by atoms with van der Waals surface area (Å²) in [5.74, 6) is 0.871. The fraction of sp³-hybridized carbons (Fsp3) is 0.273. The number of hydrogen-bond acceptors (Lipinski definition) is 3. The second kappa shape index (κ2) is 3.82. The summed E-state index contributed by atoms with van der Waals surface area (Å²) < 4.78 is 1.97. The molecule has 2 heterocycles. The lowest BCUT2D eigenvalue weighted by Crippen LogP contribution is -2.04. The second-order valence-electron chi connectivity index (χ2n) is 3.48. The molecule has 78 valence electrons. The fourth-order valence-corrected chi connectivity index (χ4v) is 1.44. The molecular formula is C11H14N4. The Morgan fingerprint density at radius 2 is 2.13 bits per heavy atom. The molecule has 4 heteroatoms. The Morgan fingerprint density at radius 1 is 1.33 bits per heavy atom. The van der Waals surface area contributed by atoms with E-state index < -0.39 is 0 Å². The van der Waals surface area contributed by atoms with Gasteiger partial charge >= 0.3 is 0 Å². The molecule has 0 unspecified atom stereocenters. The summed E-state index contributed by atoms with van der Waals surface area (Å²) in [5.41, 5.74) is 8.57. The van der Waals surface area contributed by atoms with E-state index in [0.717, 1.165) is 22.9 Å².